The van der Waals surface area contributed by atoms with Crippen LogP contribution in [0.2, 0.25) is 0 Å². The van der Waals surface area contributed by atoms with E-state index in [0.29, 0.717) is 39.4 Å². The minimum Gasteiger partial charge on any atom is -0.490 e. The molecule has 1 amide bonds. The van der Waals surface area contributed by atoms with Crippen molar-refractivity contribution in [3.05, 3.63) is 58.5 Å². The van der Waals surface area contributed by atoms with Crippen molar-refractivity contribution in [2.75, 3.05) is 26.9 Å². The van der Waals surface area contributed by atoms with Gasteiger partial charge in [0, 0.05) is 7.05 Å². The number of thioether (sulfide) groups is 1. The Bertz CT molecular complexity index is 1160. The summed E-state index contributed by atoms with van der Waals surface area (Å²) < 4.78 is 16.0. The highest BCUT2D eigenvalue weighted by molar-refractivity contribution is 8.18. The molecular formula is C24H24N2O7S. The number of carbonyl (C=O) groups excluding carboxylic acids is 2. The lowest BCUT2D eigenvalue weighted by Gasteiger charge is -2.12. The van der Waals surface area contributed by atoms with E-state index in [1.807, 2.05) is 6.92 Å². The second kappa shape index (κ2) is 11.4. The molecule has 1 heterocycles. The van der Waals surface area contributed by atoms with Crippen molar-refractivity contribution in [1.29, 1.82) is 0 Å². The number of benzene rings is 2. The van der Waals surface area contributed by atoms with Gasteiger partial charge in [-0.2, -0.15) is 0 Å². The van der Waals surface area contributed by atoms with E-state index >= 15 is 0 Å². The average Bonchev–Trinajstić information content (AvgIpc) is 3.07. The van der Waals surface area contributed by atoms with Crippen molar-refractivity contribution < 1.29 is 33.7 Å². The van der Waals surface area contributed by atoms with Crippen LogP contribution in [-0.2, 0) is 14.3 Å². The number of aliphatic imine (C=N–C) groups is 1. The third-order valence-corrected chi connectivity index (χ3v) is 5.60. The van der Waals surface area contributed by atoms with Gasteiger partial charge in [-0.25, -0.2) is 14.6 Å². The monoisotopic (exact) mass is 484 g/mol. The molecule has 9 nitrogen and oxygen atoms in total. The number of carboxylic acid groups (broad SMARTS) is 1. The van der Waals surface area contributed by atoms with Crippen LogP contribution in [0.25, 0.3) is 6.08 Å². The van der Waals surface area contributed by atoms with E-state index in [-0.39, 0.29) is 24.7 Å². The highest BCUT2D eigenvalue weighted by Gasteiger charge is 2.30. The van der Waals surface area contributed by atoms with Gasteiger partial charge in [0.2, 0.25) is 0 Å². The molecule has 2 aromatic rings. The lowest BCUT2D eigenvalue weighted by Crippen LogP contribution is -2.23. The van der Waals surface area contributed by atoms with Crippen LogP contribution in [-0.4, -0.2) is 59.9 Å². The molecule has 1 aliphatic heterocycles. The normalized spacial score (nSPS) is 15.6. The molecule has 1 saturated heterocycles. The maximum absolute atomic E-state index is 12.8. The van der Waals surface area contributed by atoms with Crippen LogP contribution in [0.15, 0.2) is 52.4 Å². The zero-order valence-corrected chi connectivity index (χ0v) is 19.8. The van der Waals surface area contributed by atoms with Crippen LogP contribution >= 0.6 is 11.8 Å². The number of nitrogens with zero attached hydrogens (tertiary/aromatic N) is 2. The second-order valence-corrected chi connectivity index (χ2v) is 7.97. The van der Waals surface area contributed by atoms with Gasteiger partial charge >= 0.3 is 11.9 Å². The van der Waals surface area contributed by atoms with Gasteiger partial charge < -0.3 is 19.3 Å². The van der Waals surface area contributed by atoms with Crippen LogP contribution in [0.4, 0.5) is 5.69 Å². The van der Waals surface area contributed by atoms with E-state index < -0.39 is 11.9 Å². The molecule has 0 radical (unpaired) electrons. The number of likely N-dealkylation sites (N-methyl/N-ethyl adjacent to an activating group) is 1. The maximum Gasteiger partial charge on any atom is 0.344 e. The highest BCUT2D eigenvalue weighted by atomic mass is 32.2. The summed E-state index contributed by atoms with van der Waals surface area (Å²) in [5.74, 6) is -0.943. The molecule has 0 spiro atoms. The van der Waals surface area contributed by atoms with Crippen molar-refractivity contribution in [3.63, 3.8) is 0 Å². The van der Waals surface area contributed by atoms with E-state index in [1.165, 1.54) is 28.8 Å². The summed E-state index contributed by atoms with van der Waals surface area (Å²) in [7, 11) is 1.61. The van der Waals surface area contributed by atoms with Crippen molar-refractivity contribution in [3.8, 4) is 11.5 Å². The molecule has 178 valence electrons. The largest absolute Gasteiger partial charge is 0.490 e. The van der Waals surface area contributed by atoms with Gasteiger partial charge in [-0.05, 0) is 67.6 Å². The van der Waals surface area contributed by atoms with Gasteiger partial charge in [-0.1, -0.05) is 12.1 Å². The number of amidine groups is 1. The quantitative estimate of drug-likeness (QED) is 0.420. The zero-order valence-electron chi connectivity index (χ0n) is 18.9. The number of hydrogen-bond acceptors (Lipinski definition) is 8. The lowest BCUT2D eigenvalue weighted by atomic mass is 10.2. The number of esters is 1. The molecule has 1 N–H and O–H groups in total. The van der Waals surface area contributed by atoms with Crippen LogP contribution < -0.4 is 9.47 Å². The summed E-state index contributed by atoms with van der Waals surface area (Å²) in [6.07, 6.45) is 1.71. The van der Waals surface area contributed by atoms with E-state index in [2.05, 4.69) is 4.99 Å². The summed E-state index contributed by atoms with van der Waals surface area (Å²) in [6.45, 7) is 3.96. The van der Waals surface area contributed by atoms with Crippen molar-refractivity contribution in [2.24, 2.45) is 4.99 Å². The number of carboxylic acids is 1. The Morgan fingerprint density at radius 3 is 2.59 bits per heavy atom. The summed E-state index contributed by atoms with van der Waals surface area (Å²) in [5.41, 5.74) is 1.25. The standard InChI is InChI=1S/C24H24N2O7S/c1-4-31-19-11-15(9-10-18(19)33-14-21(27)32-5-2)12-20-22(28)26(3)24(34-20)25-17-8-6-7-16(13-17)23(29)30/h6-13H,4-5,14H2,1-3H3,(H,29,30)/b20-12+,25-24?. The second-order valence-electron chi connectivity index (χ2n) is 6.96. The van der Waals surface area contributed by atoms with Crippen molar-refractivity contribution in [2.45, 2.75) is 13.8 Å². The molecule has 1 fully saturated rings. The highest BCUT2D eigenvalue weighted by Crippen LogP contribution is 2.35. The van der Waals surface area contributed by atoms with Gasteiger partial charge in [0.15, 0.2) is 23.3 Å². The fourth-order valence-corrected chi connectivity index (χ4v) is 3.95. The van der Waals surface area contributed by atoms with E-state index in [0.717, 1.165) is 0 Å². The third-order valence-electron chi connectivity index (χ3n) is 4.54. The number of amides is 1. The van der Waals surface area contributed by atoms with Crippen molar-refractivity contribution in [1.82, 2.24) is 4.90 Å². The lowest BCUT2D eigenvalue weighted by molar-refractivity contribution is -0.145. The topological polar surface area (TPSA) is 115 Å². The maximum atomic E-state index is 12.8. The third kappa shape index (κ3) is 6.16. The first-order valence-corrected chi connectivity index (χ1v) is 11.3. The Labute approximate surface area is 201 Å². The Morgan fingerprint density at radius 1 is 1.09 bits per heavy atom. The fraction of sp³-hybridized carbons (Fsp3) is 0.250. The number of rotatable bonds is 9. The minimum absolute atomic E-state index is 0.114. The van der Waals surface area contributed by atoms with E-state index in [9.17, 15) is 14.4 Å². The molecule has 0 saturated carbocycles. The molecule has 10 heteroatoms. The van der Waals surface area contributed by atoms with Crippen LogP contribution in [0.3, 0.4) is 0 Å². The predicted octanol–water partition coefficient (Wildman–Crippen LogP) is 3.96. The molecular weight excluding hydrogens is 460 g/mol. The van der Waals surface area contributed by atoms with Gasteiger partial charge in [0.05, 0.1) is 29.4 Å². The molecule has 1 aliphatic rings. The van der Waals surface area contributed by atoms with Gasteiger partial charge in [-0.3, -0.25) is 9.69 Å². The molecule has 0 aromatic heterocycles. The molecule has 2 aromatic carbocycles. The number of hydrogen-bond donors (Lipinski definition) is 1. The Hall–Kier alpha value is -3.79. The van der Waals surface area contributed by atoms with E-state index in [4.69, 9.17) is 19.3 Å². The summed E-state index contributed by atoms with van der Waals surface area (Å²) in [6, 6.07) is 11.3. The number of aromatic carboxylic acids is 1. The number of carbonyl (C=O) groups is 3. The Balaban J connectivity index is 1.82. The van der Waals surface area contributed by atoms with Crippen LogP contribution in [0.1, 0.15) is 29.8 Å². The molecule has 0 aliphatic carbocycles. The van der Waals surface area contributed by atoms with E-state index in [1.54, 1.807) is 50.4 Å². The SMILES string of the molecule is CCOC(=O)COc1ccc(/C=C2/SC(=Nc3cccc(C(=O)O)c3)N(C)C2=O)cc1OCC. The molecule has 3 rings (SSSR count). The van der Waals surface area contributed by atoms with Crippen LogP contribution in [0, 0.1) is 0 Å². The first-order chi connectivity index (χ1) is 16.3. The molecule has 0 atom stereocenters. The van der Waals surface area contributed by atoms with Gasteiger partial charge in [0.25, 0.3) is 5.91 Å². The fourth-order valence-electron chi connectivity index (χ4n) is 2.96. The van der Waals surface area contributed by atoms with Gasteiger partial charge in [0.1, 0.15) is 0 Å². The molecule has 34 heavy (non-hydrogen) atoms. The average molecular weight is 485 g/mol. The Kier molecular flexibility index (Phi) is 8.31. The first kappa shape index (κ1) is 24.8. The minimum atomic E-state index is -1.05. The zero-order chi connectivity index (χ0) is 24.7. The molecule has 0 unspecified atom stereocenters. The summed E-state index contributed by atoms with van der Waals surface area (Å²) in [4.78, 5) is 41.8. The van der Waals surface area contributed by atoms with Crippen molar-refractivity contribution >= 4 is 46.5 Å². The van der Waals surface area contributed by atoms with Crippen LogP contribution in [0.5, 0.6) is 11.5 Å². The summed E-state index contributed by atoms with van der Waals surface area (Å²) >= 11 is 1.18. The van der Waals surface area contributed by atoms with Gasteiger partial charge in [-0.15, -0.1) is 0 Å². The smallest absolute Gasteiger partial charge is 0.344 e. The predicted molar refractivity (Wildman–Crippen MR) is 129 cm³/mol. The first-order valence-electron chi connectivity index (χ1n) is 10.5. The molecule has 0 bridgehead atoms. The Morgan fingerprint density at radius 2 is 1.88 bits per heavy atom. The number of ether oxygens (including phenoxy) is 3. The summed E-state index contributed by atoms with van der Waals surface area (Å²) in [5, 5.41) is 9.59.